The van der Waals surface area contributed by atoms with Crippen LogP contribution < -0.4 is 0 Å². The molecule has 1 fully saturated rings. The Labute approximate surface area is 88.4 Å². The molecule has 0 saturated heterocycles. The van der Waals surface area contributed by atoms with Crippen LogP contribution in [0.5, 0.6) is 0 Å². The third-order valence-electron chi connectivity index (χ3n) is 3.14. The van der Waals surface area contributed by atoms with E-state index >= 15 is 0 Å². The van der Waals surface area contributed by atoms with Crippen molar-refractivity contribution in [3.05, 3.63) is 0 Å². The molecule has 82 valence electrons. The Balaban J connectivity index is 2.46. The highest BCUT2D eigenvalue weighted by Crippen LogP contribution is 2.16. The Morgan fingerprint density at radius 3 is 2.21 bits per heavy atom. The molecule has 0 spiro atoms. The third-order valence-corrected chi connectivity index (χ3v) is 3.14. The maximum absolute atomic E-state index is 4.82. The molecule has 0 N–H and O–H groups in total. The maximum atomic E-state index is 4.82. The molecular weight excluding hydrogens is 172 g/mol. The quantitative estimate of drug-likeness (QED) is 0.674. The van der Waals surface area contributed by atoms with Crippen molar-refractivity contribution >= 4 is 5.71 Å². The monoisotopic (exact) mass is 196 g/mol. The van der Waals surface area contributed by atoms with Crippen LogP contribution in [0.2, 0.25) is 0 Å². The smallest absolute Gasteiger partial charge is 0.0989 e. The predicted molar refractivity (Wildman–Crippen MR) is 62.9 cm³/mol. The van der Waals surface area contributed by atoms with Gasteiger partial charge in [-0.15, -0.1) is 0 Å². The lowest BCUT2D eigenvalue weighted by molar-refractivity contribution is 0.238. The predicted octanol–water partition coefficient (Wildman–Crippen LogP) is 3.08. The van der Waals surface area contributed by atoms with Crippen LogP contribution in [0, 0.1) is 0 Å². The van der Waals surface area contributed by atoms with Crippen LogP contribution in [0.25, 0.3) is 0 Å². The minimum Gasteiger partial charge on any atom is -0.283 e. The minimum atomic E-state index is 0.387. The largest absolute Gasteiger partial charge is 0.283 e. The van der Waals surface area contributed by atoms with Crippen molar-refractivity contribution in [3.8, 4) is 0 Å². The first-order valence-corrected chi connectivity index (χ1v) is 6.07. The Morgan fingerprint density at radius 2 is 1.71 bits per heavy atom. The van der Waals surface area contributed by atoms with Crippen LogP contribution in [-0.4, -0.2) is 29.9 Å². The molecule has 0 bridgehead atoms. The molecule has 0 aromatic carbocycles. The van der Waals surface area contributed by atoms with Crippen LogP contribution >= 0.6 is 0 Å². The number of hydrogen-bond donors (Lipinski definition) is 0. The molecule has 1 rings (SSSR count). The maximum Gasteiger partial charge on any atom is 0.0989 e. The van der Waals surface area contributed by atoms with Crippen LogP contribution in [0.3, 0.4) is 0 Å². The molecule has 0 aromatic rings. The molecule has 1 atom stereocenters. The van der Waals surface area contributed by atoms with Gasteiger partial charge in [0.15, 0.2) is 0 Å². The van der Waals surface area contributed by atoms with E-state index in [2.05, 4.69) is 25.7 Å². The first-order valence-electron chi connectivity index (χ1n) is 6.07. The van der Waals surface area contributed by atoms with E-state index in [4.69, 9.17) is 4.99 Å². The van der Waals surface area contributed by atoms with Gasteiger partial charge in [-0.05, 0) is 45.7 Å². The molecule has 1 aliphatic carbocycles. The van der Waals surface area contributed by atoms with Crippen LogP contribution in [0.4, 0.5) is 0 Å². The summed E-state index contributed by atoms with van der Waals surface area (Å²) in [4.78, 5) is 7.22. The Bertz CT molecular complexity index is 175. The second-order valence-electron chi connectivity index (χ2n) is 4.11. The third kappa shape index (κ3) is 3.41. The molecule has 1 saturated carbocycles. The molecule has 1 unspecified atom stereocenters. The van der Waals surface area contributed by atoms with Crippen molar-refractivity contribution in [3.63, 3.8) is 0 Å². The summed E-state index contributed by atoms with van der Waals surface area (Å²) in [6, 6.07) is 0. The standard InChI is InChI=1S/C12H24N2/c1-4-14(5-2)11(3)13-12-9-7-6-8-10-12/h11H,4-10H2,1-3H3. The molecule has 2 heteroatoms. The summed E-state index contributed by atoms with van der Waals surface area (Å²) >= 11 is 0. The summed E-state index contributed by atoms with van der Waals surface area (Å²) in [7, 11) is 0. The highest BCUT2D eigenvalue weighted by Gasteiger charge is 2.11. The van der Waals surface area contributed by atoms with Crippen LogP contribution in [0.1, 0.15) is 52.9 Å². The second kappa shape index (κ2) is 6.18. The summed E-state index contributed by atoms with van der Waals surface area (Å²) in [5, 5.41) is 0. The van der Waals surface area contributed by atoms with Gasteiger partial charge in [-0.2, -0.15) is 0 Å². The second-order valence-corrected chi connectivity index (χ2v) is 4.11. The first-order chi connectivity index (χ1) is 6.77. The van der Waals surface area contributed by atoms with Gasteiger partial charge in [0.1, 0.15) is 0 Å². The average molecular weight is 196 g/mol. The van der Waals surface area contributed by atoms with E-state index in [9.17, 15) is 0 Å². The molecule has 14 heavy (non-hydrogen) atoms. The van der Waals surface area contributed by atoms with E-state index < -0.39 is 0 Å². The van der Waals surface area contributed by atoms with Crippen LogP contribution in [-0.2, 0) is 0 Å². The van der Waals surface area contributed by atoms with Gasteiger partial charge in [-0.3, -0.25) is 9.89 Å². The Kier molecular flexibility index (Phi) is 5.16. The van der Waals surface area contributed by atoms with Gasteiger partial charge in [0.05, 0.1) is 6.17 Å². The van der Waals surface area contributed by atoms with E-state index in [-0.39, 0.29) is 0 Å². The zero-order valence-corrected chi connectivity index (χ0v) is 9.92. The molecule has 2 nitrogen and oxygen atoms in total. The molecule has 0 heterocycles. The lowest BCUT2D eigenvalue weighted by Crippen LogP contribution is -2.32. The van der Waals surface area contributed by atoms with Gasteiger partial charge in [0, 0.05) is 5.71 Å². The van der Waals surface area contributed by atoms with Crippen LogP contribution in [0.15, 0.2) is 4.99 Å². The Morgan fingerprint density at radius 1 is 1.14 bits per heavy atom. The lowest BCUT2D eigenvalue weighted by atomic mass is 9.98. The molecule has 0 radical (unpaired) electrons. The van der Waals surface area contributed by atoms with Crippen molar-refractivity contribution in [2.75, 3.05) is 13.1 Å². The summed E-state index contributed by atoms with van der Waals surface area (Å²) in [6.45, 7) is 8.85. The first kappa shape index (κ1) is 11.7. The molecule has 0 aliphatic heterocycles. The summed E-state index contributed by atoms with van der Waals surface area (Å²) in [6.07, 6.45) is 6.97. The average Bonchev–Trinajstić information content (AvgIpc) is 2.21. The van der Waals surface area contributed by atoms with E-state index in [1.54, 1.807) is 0 Å². The number of hydrogen-bond acceptors (Lipinski definition) is 2. The van der Waals surface area contributed by atoms with Gasteiger partial charge in [0.2, 0.25) is 0 Å². The Hall–Kier alpha value is -0.370. The van der Waals surface area contributed by atoms with Crippen molar-refractivity contribution in [2.45, 2.75) is 59.0 Å². The zero-order chi connectivity index (χ0) is 10.4. The fourth-order valence-corrected chi connectivity index (χ4v) is 2.19. The molecule has 1 aliphatic rings. The molecular formula is C12H24N2. The van der Waals surface area contributed by atoms with Crippen molar-refractivity contribution in [2.24, 2.45) is 4.99 Å². The van der Waals surface area contributed by atoms with Gasteiger partial charge >= 0.3 is 0 Å². The highest BCUT2D eigenvalue weighted by molar-refractivity contribution is 5.85. The van der Waals surface area contributed by atoms with Gasteiger partial charge in [0.25, 0.3) is 0 Å². The van der Waals surface area contributed by atoms with Gasteiger partial charge in [-0.25, -0.2) is 0 Å². The van der Waals surface area contributed by atoms with Crippen molar-refractivity contribution in [1.82, 2.24) is 4.90 Å². The van der Waals surface area contributed by atoms with E-state index in [0.717, 1.165) is 13.1 Å². The number of aliphatic imine (C=N–C) groups is 1. The van der Waals surface area contributed by atoms with E-state index in [1.807, 2.05) is 0 Å². The molecule has 0 aromatic heterocycles. The summed E-state index contributed by atoms with van der Waals surface area (Å²) in [5.74, 6) is 0. The fraction of sp³-hybridized carbons (Fsp3) is 0.917. The molecule has 0 amide bonds. The highest BCUT2D eigenvalue weighted by atomic mass is 15.2. The zero-order valence-electron chi connectivity index (χ0n) is 9.92. The van der Waals surface area contributed by atoms with E-state index in [1.165, 1.54) is 37.8 Å². The number of rotatable bonds is 4. The van der Waals surface area contributed by atoms with Gasteiger partial charge < -0.3 is 0 Å². The normalized spacial score (nSPS) is 19.9. The minimum absolute atomic E-state index is 0.387. The summed E-state index contributed by atoms with van der Waals surface area (Å²) < 4.78 is 0. The lowest BCUT2D eigenvalue weighted by Gasteiger charge is -2.25. The summed E-state index contributed by atoms with van der Waals surface area (Å²) in [5.41, 5.74) is 1.45. The van der Waals surface area contributed by atoms with Crippen molar-refractivity contribution in [1.29, 1.82) is 0 Å². The number of nitrogens with zero attached hydrogens (tertiary/aromatic N) is 2. The topological polar surface area (TPSA) is 15.6 Å². The van der Waals surface area contributed by atoms with E-state index in [0.29, 0.717) is 6.17 Å². The fourth-order valence-electron chi connectivity index (χ4n) is 2.19. The van der Waals surface area contributed by atoms with Gasteiger partial charge in [-0.1, -0.05) is 20.3 Å². The van der Waals surface area contributed by atoms with Crippen molar-refractivity contribution < 1.29 is 0 Å². The SMILES string of the molecule is CCN(CC)C(C)N=C1CCCCC1.